The van der Waals surface area contributed by atoms with Gasteiger partial charge in [0.1, 0.15) is 5.82 Å². The van der Waals surface area contributed by atoms with Gasteiger partial charge in [-0.1, -0.05) is 13.8 Å². The van der Waals surface area contributed by atoms with Crippen LogP contribution < -0.4 is 11.0 Å². The number of anilines is 1. The highest BCUT2D eigenvalue weighted by Crippen LogP contribution is 2.35. The smallest absolute Gasteiger partial charge is 0.333 e. The number of hydrogen-bond donors (Lipinski definition) is 1. The fourth-order valence-electron chi connectivity index (χ4n) is 5.68. The Kier molecular flexibility index (Phi) is 7.13. The Morgan fingerprint density at radius 1 is 0.974 bits per heavy atom. The summed E-state index contributed by atoms with van der Waals surface area (Å²) >= 11 is 0. The number of imide groups is 1. The molecule has 2 amide bonds. The molecule has 10 heteroatoms. The Labute approximate surface area is 227 Å². The number of amides is 2. The molecule has 0 bridgehead atoms. The maximum Gasteiger partial charge on any atom is 0.333 e. The second-order valence-electron chi connectivity index (χ2n) is 11.7. The highest BCUT2D eigenvalue weighted by Gasteiger charge is 2.41. The van der Waals surface area contributed by atoms with Gasteiger partial charge >= 0.3 is 5.69 Å². The van der Waals surface area contributed by atoms with Crippen molar-refractivity contribution in [2.45, 2.75) is 84.3 Å². The molecular formula is C29H35FN6O3. The molecule has 0 radical (unpaired) electrons. The first-order chi connectivity index (χ1) is 18.5. The number of carbonyl (C=O) groups is 2. The fourth-order valence-corrected chi connectivity index (χ4v) is 5.68. The van der Waals surface area contributed by atoms with Crippen LogP contribution in [-0.2, 0) is 9.59 Å². The van der Waals surface area contributed by atoms with Crippen molar-refractivity contribution in [2.75, 3.05) is 5.32 Å². The molecule has 0 spiro atoms. The monoisotopic (exact) mass is 534 g/mol. The lowest BCUT2D eigenvalue weighted by Crippen LogP contribution is -2.52. The number of piperidine rings is 1. The molecule has 2 fully saturated rings. The SMILES string of the molecule is CC(C)n1cc(-c2ccnc(NC3CCC(N4C(=O)CC(C)(C)CC4=O)CC3)n2)n(-c2ccc(F)cc2)c1=O. The molecule has 2 aromatic heterocycles. The summed E-state index contributed by atoms with van der Waals surface area (Å²) in [6.45, 7) is 7.78. The van der Waals surface area contributed by atoms with Gasteiger partial charge in [-0.2, -0.15) is 0 Å². The minimum absolute atomic E-state index is 0.0626. The van der Waals surface area contributed by atoms with Crippen LogP contribution in [0.2, 0.25) is 0 Å². The zero-order chi connectivity index (χ0) is 27.9. The third-order valence-electron chi connectivity index (χ3n) is 7.67. The molecule has 3 aromatic rings. The summed E-state index contributed by atoms with van der Waals surface area (Å²) in [5.41, 5.74) is 1.19. The molecule has 1 saturated heterocycles. The van der Waals surface area contributed by atoms with E-state index in [0.29, 0.717) is 35.9 Å². The normalized spacial score (nSPS) is 21.4. The molecule has 1 saturated carbocycles. The number of hydrogen-bond acceptors (Lipinski definition) is 6. The molecule has 206 valence electrons. The number of nitrogens with one attached hydrogen (secondary N) is 1. The molecule has 2 aliphatic rings. The van der Waals surface area contributed by atoms with Crippen LogP contribution in [0.1, 0.15) is 72.3 Å². The van der Waals surface area contributed by atoms with Gasteiger partial charge in [-0.15, -0.1) is 0 Å². The van der Waals surface area contributed by atoms with Crippen LogP contribution in [0, 0.1) is 11.2 Å². The van der Waals surface area contributed by atoms with Crippen molar-refractivity contribution >= 4 is 17.8 Å². The van der Waals surface area contributed by atoms with Crippen LogP contribution >= 0.6 is 0 Å². The molecule has 1 aliphatic carbocycles. The molecule has 1 N–H and O–H groups in total. The van der Waals surface area contributed by atoms with Crippen molar-refractivity contribution < 1.29 is 14.0 Å². The van der Waals surface area contributed by atoms with Crippen LogP contribution in [0.15, 0.2) is 47.5 Å². The predicted octanol–water partition coefficient (Wildman–Crippen LogP) is 4.71. The first kappa shape index (κ1) is 26.8. The number of carbonyl (C=O) groups excluding carboxylic acids is 2. The maximum absolute atomic E-state index is 13.6. The van der Waals surface area contributed by atoms with Gasteiger partial charge in [-0.05, 0) is 75.3 Å². The van der Waals surface area contributed by atoms with E-state index in [9.17, 15) is 18.8 Å². The third-order valence-corrected chi connectivity index (χ3v) is 7.67. The second-order valence-corrected chi connectivity index (χ2v) is 11.7. The number of rotatable bonds is 6. The molecule has 5 rings (SSSR count). The lowest BCUT2D eigenvalue weighted by molar-refractivity contribution is -0.156. The molecule has 9 nitrogen and oxygen atoms in total. The Morgan fingerprint density at radius 2 is 1.62 bits per heavy atom. The first-order valence-corrected chi connectivity index (χ1v) is 13.6. The van der Waals surface area contributed by atoms with E-state index in [0.717, 1.165) is 25.7 Å². The van der Waals surface area contributed by atoms with E-state index in [4.69, 9.17) is 4.98 Å². The van der Waals surface area contributed by atoms with Gasteiger partial charge in [0, 0.05) is 43.4 Å². The van der Waals surface area contributed by atoms with Gasteiger partial charge in [-0.3, -0.25) is 23.6 Å². The van der Waals surface area contributed by atoms with Crippen molar-refractivity contribution in [1.29, 1.82) is 0 Å². The van der Waals surface area contributed by atoms with E-state index in [1.165, 1.54) is 21.6 Å². The van der Waals surface area contributed by atoms with Crippen molar-refractivity contribution in [3.8, 4) is 17.1 Å². The number of imidazole rings is 1. The third kappa shape index (κ3) is 5.51. The Morgan fingerprint density at radius 3 is 2.23 bits per heavy atom. The van der Waals surface area contributed by atoms with Crippen LogP contribution in [0.25, 0.3) is 17.1 Å². The van der Waals surface area contributed by atoms with Crippen LogP contribution in [-0.4, -0.2) is 47.9 Å². The summed E-state index contributed by atoms with van der Waals surface area (Å²) in [6.07, 6.45) is 7.24. The number of halogens is 1. The molecule has 1 aromatic carbocycles. The molecule has 1 aliphatic heterocycles. The number of nitrogens with zero attached hydrogens (tertiary/aromatic N) is 5. The van der Waals surface area contributed by atoms with Gasteiger partial charge in [-0.25, -0.2) is 19.2 Å². The Balaban J connectivity index is 1.33. The van der Waals surface area contributed by atoms with Crippen molar-refractivity contribution in [3.05, 3.63) is 59.0 Å². The predicted molar refractivity (Wildman–Crippen MR) is 146 cm³/mol. The average molecular weight is 535 g/mol. The van der Waals surface area contributed by atoms with E-state index in [2.05, 4.69) is 10.3 Å². The summed E-state index contributed by atoms with van der Waals surface area (Å²) in [7, 11) is 0. The molecule has 39 heavy (non-hydrogen) atoms. The average Bonchev–Trinajstić information content (AvgIpc) is 3.22. The fraction of sp³-hybridized carbons (Fsp3) is 0.483. The van der Waals surface area contributed by atoms with E-state index in [-0.39, 0.29) is 46.9 Å². The van der Waals surface area contributed by atoms with Crippen LogP contribution in [0.3, 0.4) is 0 Å². The molecule has 0 unspecified atom stereocenters. The van der Waals surface area contributed by atoms with Crippen LogP contribution in [0.5, 0.6) is 0 Å². The quantitative estimate of drug-likeness (QED) is 0.460. The standard InChI is InChI=1S/C29H35FN6O3/c1-18(2)34-17-24(35(28(34)39)21-9-5-19(30)6-10-21)23-13-14-31-27(33-23)32-20-7-11-22(12-8-20)36-25(37)15-29(3,4)16-26(36)38/h5-6,9-10,13-14,17-18,20,22H,7-8,11-12,15-16H2,1-4H3,(H,31,32,33). The summed E-state index contributed by atoms with van der Waals surface area (Å²) in [6, 6.07) is 7.51. The van der Waals surface area contributed by atoms with Crippen LogP contribution in [0.4, 0.5) is 10.3 Å². The van der Waals surface area contributed by atoms with Crippen molar-refractivity contribution in [2.24, 2.45) is 5.41 Å². The second kappa shape index (κ2) is 10.4. The molecule has 0 atom stereocenters. The minimum Gasteiger partial charge on any atom is -0.351 e. The van der Waals surface area contributed by atoms with Gasteiger partial charge in [0.15, 0.2) is 0 Å². The number of benzene rings is 1. The first-order valence-electron chi connectivity index (χ1n) is 13.6. The minimum atomic E-state index is -0.377. The number of aromatic nitrogens is 4. The lowest BCUT2D eigenvalue weighted by atomic mass is 9.80. The number of likely N-dealkylation sites (tertiary alicyclic amines) is 1. The summed E-state index contributed by atoms with van der Waals surface area (Å²) in [5.74, 6) is -0.0653. The van der Waals surface area contributed by atoms with Crippen molar-refractivity contribution in [1.82, 2.24) is 24.0 Å². The van der Waals surface area contributed by atoms with Gasteiger partial charge in [0.05, 0.1) is 17.1 Å². The maximum atomic E-state index is 13.6. The van der Waals surface area contributed by atoms with E-state index in [1.807, 2.05) is 27.7 Å². The van der Waals surface area contributed by atoms with E-state index >= 15 is 0 Å². The zero-order valence-corrected chi connectivity index (χ0v) is 22.9. The van der Waals surface area contributed by atoms with Gasteiger partial charge < -0.3 is 5.32 Å². The zero-order valence-electron chi connectivity index (χ0n) is 22.9. The summed E-state index contributed by atoms with van der Waals surface area (Å²) < 4.78 is 16.7. The Hall–Kier alpha value is -3.82. The topological polar surface area (TPSA) is 102 Å². The lowest BCUT2D eigenvalue weighted by Gasteiger charge is -2.41. The summed E-state index contributed by atoms with van der Waals surface area (Å²) in [4.78, 5) is 49.3. The molecule has 3 heterocycles. The Bertz CT molecular complexity index is 1410. The van der Waals surface area contributed by atoms with E-state index < -0.39 is 0 Å². The van der Waals surface area contributed by atoms with E-state index in [1.54, 1.807) is 35.2 Å². The largest absolute Gasteiger partial charge is 0.351 e. The highest BCUT2D eigenvalue weighted by molar-refractivity contribution is 5.98. The van der Waals surface area contributed by atoms with Gasteiger partial charge in [0.25, 0.3) is 0 Å². The summed E-state index contributed by atoms with van der Waals surface area (Å²) in [5, 5.41) is 3.41. The van der Waals surface area contributed by atoms with Gasteiger partial charge in [0.2, 0.25) is 17.8 Å². The van der Waals surface area contributed by atoms with Crippen molar-refractivity contribution in [3.63, 3.8) is 0 Å². The molecular weight excluding hydrogens is 499 g/mol. The highest BCUT2D eigenvalue weighted by atomic mass is 19.1.